The van der Waals surface area contributed by atoms with E-state index in [1.54, 1.807) is 6.26 Å². The highest BCUT2D eigenvalue weighted by Crippen LogP contribution is 2.16. The summed E-state index contributed by atoms with van der Waals surface area (Å²) in [5.41, 5.74) is 7.48. The van der Waals surface area contributed by atoms with Gasteiger partial charge in [-0.25, -0.2) is 0 Å². The van der Waals surface area contributed by atoms with Crippen LogP contribution in [-0.4, -0.2) is 22.3 Å². The molecule has 0 radical (unpaired) electrons. The van der Waals surface area contributed by atoms with E-state index in [0.29, 0.717) is 0 Å². The molecule has 2 unspecified atom stereocenters. The number of anilines is 2. The Bertz CT molecular complexity index is 341. The van der Waals surface area contributed by atoms with Crippen LogP contribution in [0.3, 0.4) is 0 Å². The van der Waals surface area contributed by atoms with Crippen LogP contribution in [0.1, 0.15) is 13.3 Å². The zero-order valence-corrected chi connectivity index (χ0v) is 10.0. The van der Waals surface area contributed by atoms with E-state index >= 15 is 0 Å². The average Bonchev–Trinajstić information content (AvgIpc) is 2.20. The molecule has 2 atom stereocenters. The van der Waals surface area contributed by atoms with E-state index in [1.165, 1.54) is 0 Å². The van der Waals surface area contributed by atoms with Crippen molar-refractivity contribution in [3.63, 3.8) is 0 Å². The summed E-state index contributed by atoms with van der Waals surface area (Å²) in [7, 11) is -0.745. The summed E-state index contributed by atoms with van der Waals surface area (Å²) in [6, 6.07) is 7.66. The Morgan fingerprint density at radius 1 is 1.47 bits per heavy atom. The van der Waals surface area contributed by atoms with E-state index in [2.05, 4.69) is 5.32 Å². The molecule has 0 aromatic heterocycles. The minimum Gasteiger partial charge on any atom is -0.397 e. The molecule has 0 spiro atoms. The molecule has 0 aliphatic rings. The number of nitrogens with one attached hydrogen (secondary N) is 1. The first kappa shape index (κ1) is 12.0. The third-order valence-corrected chi connectivity index (χ3v) is 3.76. The molecular weight excluding hydrogens is 208 g/mol. The molecule has 0 saturated carbocycles. The highest BCUT2D eigenvalue weighted by molar-refractivity contribution is 7.84. The molecule has 0 fully saturated rings. The van der Waals surface area contributed by atoms with Crippen molar-refractivity contribution in [1.82, 2.24) is 0 Å². The van der Waals surface area contributed by atoms with Gasteiger partial charge in [0.05, 0.1) is 11.4 Å². The molecule has 1 rings (SSSR count). The second kappa shape index (κ2) is 5.75. The number of rotatable bonds is 5. The first-order valence-electron chi connectivity index (χ1n) is 5.02. The number of hydrogen-bond acceptors (Lipinski definition) is 3. The third-order valence-electron chi connectivity index (χ3n) is 2.39. The second-order valence-corrected chi connectivity index (χ2v) is 5.41. The molecule has 4 heteroatoms. The van der Waals surface area contributed by atoms with Crippen molar-refractivity contribution >= 4 is 22.2 Å². The fourth-order valence-electron chi connectivity index (χ4n) is 1.23. The maximum absolute atomic E-state index is 11.1. The number of benzene rings is 1. The standard InChI is InChI=1S/C11H18N2OS/c1-9(15(2)14)7-8-13-11-6-4-3-5-10(11)12/h3-6,9,13H,7-8,12H2,1-2H3. The van der Waals surface area contributed by atoms with Gasteiger partial charge in [-0.1, -0.05) is 19.1 Å². The first-order valence-corrected chi connectivity index (χ1v) is 6.64. The van der Waals surface area contributed by atoms with Crippen molar-refractivity contribution in [2.24, 2.45) is 0 Å². The van der Waals surface area contributed by atoms with Gasteiger partial charge in [0.15, 0.2) is 0 Å². The lowest BCUT2D eigenvalue weighted by Gasteiger charge is -2.11. The lowest BCUT2D eigenvalue weighted by molar-refractivity contribution is 0.672. The molecule has 1 aromatic carbocycles. The Kier molecular flexibility index (Phi) is 4.62. The molecule has 0 bridgehead atoms. The van der Waals surface area contributed by atoms with Gasteiger partial charge in [-0.15, -0.1) is 0 Å². The molecule has 3 N–H and O–H groups in total. The molecule has 0 heterocycles. The van der Waals surface area contributed by atoms with Gasteiger partial charge in [-0.05, 0) is 18.6 Å². The normalized spacial score (nSPS) is 14.5. The Labute approximate surface area is 93.5 Å². The van der Waals surface area contributed by atoms with Gasteiger partial charge in [0, 0.05) is 28.9 Å². The number of hydrogen-bond donors (Lipinski definition) is 2. The van der Waals surface area contributed by atoms with Crippen LogP contribution in [0.25, 0.3) is 0 Å². The molecular formula is C11H18N2OS. The Balaban J connectivity index is 2.38. The van der Waals surface area contributed by atoms with Crippen molar-refractivity contribution in [1.29, 1.82) is 0 Å². The van der Waals surface area contributed by atoms with Gasteiger partial charge in [-0.2, -0.15) is 0 Å². The highest BCUT2D eigenvalue weighted by atomic mass is 32.2. The molecule has 0 amide bonds. The van der Waals surface area contributed by atoms with Crippen molar-refractivity contribution in [2.45, 2.75) is 18.6 Å². The third kappa shape index (κ3) is 3.91. The van der Waals surface area contributed by atoms with Crippen LogP contribution >= 0.6 is 0 Å². The maximum Gasteiger partial charge on any atom is 0.0573 e. The van der Waals surface area contributed by atoms with Gasteiger partial charge < -0.3 is 11.1 Å². The van der Waals surface area contributed by atoms with Gasteiger partial charge in [0.1, 0.15) is 0 Å². The van der Waals surface area contributed by atoms with Crippen molar-refractivity contribution in [3.8, 4) is 0 Å². The zero-order valence-electron chi connectivity index (χ0n) is 9.19. The summed E-state index contributed by atoms with van der Waals surface area (Å²) in [6.45, 7) is 2.79. The Morgan fingerprint density at radius 3 is 2.73 bits per heavy atom. The minimum atomic E-state index is -0.745. The van der Waals surface area contributed by atoms with Crippen LogP contribution in [0, 0.1) is 0 Å². The predicted octanol–water partition coefficient (Wildman–Crippen LogP) is 1.84. The summed E-state index contributed by atoms with van der Waals surface area (Å²) >= 11 is 0. The van der Waals surface area contributed by atoms with Crippen molar-refractivity contribution < 1.29 is 4.21 Å². The van der Waals surface area contributed by atoms with Crippen LogP contribution in [-0.2, 0) is 10.8 Å². The van der Waals surface area contributed by atoms with Gasteiger partial charge in [0.25, 0.3) is 0 Å². The smallest absolute Gasteiger partial charge is 0.0573 e. The van der Waals surface area contributed by atoms with Crippen molar-refractivity contribution in [2.75, 3.05) is 23.9 Å². The lowest BCUT2D eigenvalue weighted by Crippen LogP contribution is -2.15. The van der Waals surface area contributed by atoms with Crippen LogP contribution < -0.4 is 11.1 Å². The van der Waals surface area contributed by atoms with Gasteiger partial charge in [0.2, 0.25) is 0 Å². The monoisotopic (exact) mass is 226 g/mol. The summed E-state index contributed by atoms with van der Waals surface area (Å²) in [6.07, 6.45) is 2.62. The van der Waals surface area contributed by atoms with E-state index < -0.39 is 10.8 Å². The molecule has 3 nitrogen and oxygen atoms in total. The quantitative estimate of drug-likeness (QED) is 0.753. The van der Waals surface area contributed by atoms with E-state index in [1.807, 2.05) is 31.2 Å². The molecule has 0 saturated heterocycles. The molecule has 0 aliphatic heterocycles. The molecule has 84 valence electrons. The van der Waals surface area contributed by atoms with Gasteiger partial charge in [-0.3, -0.25) is 4.21 Å². The number of nitrogens with two attached hydrogens (primary N) is 1. The molecule has 15 heavy (non-hydrogen) atoms. The van der Waals surface area contributed by atoms with Crippen LogP contribution in [0.5, 0.6) is 0 Å². The van der Waals surface area contributed by atoms with Crippen molar-refractivity contribution in [3.05, 3.63) is 24.3 Å². The fraction of sp³-hybridized carbons (Fsp3) is 0.455. The molecule has 0 aliphatic carbocycles. The summed E-state index contributed by atoms with van der Waals surface area (Å²) in [5, 5.41) is 3.46. The number of nitrogen functional groups attached to an aromatic ring is 1. The number of para-hydroxylation sites is 2. The Hall–Kier alpha value is -1.03. The van der Waals surface area contributed by atoms with Crippen LogP contribution in [0.15, 0.2) is 24.3 Å². The second-order valence-electron chi connectivity index (χ2n) is 3.61. The van der Waals surface area contributed by atoms with E-state index in [9.17, 15) is 4.21 Å². The van der Waals surface area contributed by atoms with E-state index in [4.69, 9.17) is 5.73 Å². The Morgan fingerprint density at radius 2 is 2.13 bits per heavy atom. The predicted molar refractivity (Wildman–Crippen MR) is 67.5 cm³/mol. The summed E-state index contributed by atoms with van der Waals surface area (Å²) < 4.78 is 11.1. The first-order chi connectivity index (χ1) is 7.11. The topological polar surface area (TPSA) is 55.1 Å². The molecule has 1 aromatic rings. The summed E-state index contributed by atoms with van der Waals surface area (Å²) in [4.78, 5) is 0. The largest absolute Gasteiger partial charge is 0.397 e. The summed E-state index contributed by atoms with van der Waals surface area (Å²) in [5.74, 6) is 0. The van der Waals surface area contributed by atoms with E-state index in [-0.39, 0.29) is 5.25 Å². The fourth-order valence-corrected chi connectivity index (χ4v) is 1.68. The maximum atomic E-state index is 11.1. The zero-order chi connectivity index (χ0) is 11.3. The SMILES string of the molecule is CC(CCNc1ccccc1N)S(C)=O. The average molecular weight is 226 g/mol. The minimum absolute atomic E-state index is 0.224. The van der Waals surface area contributed by atoms with Crippen LogP contribution in [0.2, 0.25) is 0 Å². The van der Waals surface area contributed by atoms with Crippen LogP contribution in [0.4, 0.5) is 11.4 Å². The lowest BCUT2D eigenvalue weighted by atomic mass is 10.2. The van der Waals surface area contributed by atoms with Gasteiger partial charge >= 0.3 is 0 Å². The highest BCUT2D eigenvalue weighted by Gasteiger charge is 2.05. The van der Waals surface area contributed by atoms with E-state index in [0.717, 1.165) is 24.3 Å².